The molecule has 0 heterocycles. The predicted octanol–water partition coefficient (Wildman–Crippen LogP) is 5.75. The number of aryl methyl sites for hydroxylation is 3. The van der Waals surface area contributed by atoms with Crippen molar-refractivity contribution >= 4 is 17.3 Å². The molecule has 0 fully saturated rings. The summed E-state index contributed by atoms with van der Waals surface area (Å²) in [5, 5.41) is 13.8. The largest absolute Gasteiger partial charge is 0.493 e. The quantitative estimate of drug-likeness (QED) is 0.360. The third-order valence-electron chi connectivity index (χ3n) is 4.89. The number of ether oxygens (including phenoxy) is 2. The molecule has 0 spiro atoms. The van der Waals surface area contributed by atoms with Crippen molar-refractivity contribution in [1.29, 1.82) is 0 Å². The van der Waals surface area contributed by atoms with E-state index in [1.807, 2.05) is 32.9 Å². The normalized spacial score (nSPS) is 10.5. The zero-order valence-corrected chi connectivity index (χ0v) is 18.6. The Hall–Kier alpha value is -3.87. The Morgan fingerprint density at radius 1 is 0.969 bits per heavy atom. The first-order valence-corrected chi connectivity index (χ1v) is 10.3. The van der Waals surface area contributed by atoms with Gasteiger partial charge in [0.2, 0.25) is 0 Å². The molecule has 0 unspecified atom stereocenters. The van der Waals surface area contributed by atoms with Gasteiger partial charge in [-0.25, -0.2) is 0 Å². The second-order valence-corrected chi connectivity index (χ2v) is 7.58. The summed E-state index contributed by atoms with van der Waals surface area (Å²) in [5.41, 5.74) is 4.38. The average Bonchev–Trinajstić information content (AvgIpc) is 2.73. The van der Waals surface area contributed by atoms with Gasteiger partial charge in [0.25, 0.3) is 11.6 Å². The second-order valence-electron chi connectivity index (χ2n) is 7.58. The van der Waals surface area contributed by atoms with Crippen molar-refractivity contribution in [2.75, 3.05) is 11.9 Å². The van der Waals surface area contributed by atoms with E-state index < -0.39 is 4.92 Å². The van der Waals surface area contributed by atoms with Gasteiger partial charge < -0.3 is 14.8 Å². The first-order valence-electron chi connectivity index (χ1n) is 10.3. The molecule has 0 aliphatic carbocycles. The minimum atomic E-state index is -0.492. The molecule has 1 amide bonds. The molecule has 32 heavy (non-hydrogen) atoms. The van der Waals surface area contributed by atoms with Crippen LogP contribution in [0.3, 0.4) is 0 Å². The molecular formula is C25H26N2O5. The summed E-state index contributed by atoms with van der Waals surface area (Å²) in [6, 6.07) is 15.5. The number of hydrogen-bond acceptors (Lipinski definition) is 5. The van der Waals surface area contributed by atoms with E-state index in [0.29, 0.717) is 23.6 Å². The number of non-ortho nitro benzene ring substituents is 1. The van der Waals surface area contributed by atoms with Gasteiger partial charge in [-0.1, -0.05) is 12.1 Å². The van der Waals surface area contributed by atoms with Crippen molar-refractivity contribution < 1.29 is 19.2 Å². The lowest BCUT2D eigenvalue weighted by atomic mass is 10.1. The van der Waals surface area contributed by atoms with Crippen LogP contribution in [0.25, 0.3) is 0 Å². The summed E-state index contributed by atoms with van der Waals surface area (Å²) in [7, 11) is 0. The molecule has 0 aromatic heterocycles. The van der Waals surface area contributed by atoms with E-state index >= 15 is 0 Å². The number of rotatable bonds is 8. The molecule has 3 aromatic rings. The van der Waals surface area contributed by atoms with Gasteiger partial charge in [-0.05, 0) is 74.7 Å². The molecule has 7 nitrogen and oxygen atoms in total. The summed E-state index contributed by atoms with van der Waals surface area (Å²) in [6.45, 7) is 8.39. The van der Waals surface area contributed by atoms with Crippen LogP contribution in [0.5, 0.6) is 11.5 Å². The number of hydrogen-bond donors (Lipinski definition) is 1. The maximum absolute atomic E-state index is 12.9. The Balaban J connectivity index is 1.83. The highest BCUT2D eigenvalue weighted by Crippen LogP contribution is 2.26. The molecule has 0 atom stereocenters. The van der Waals surface area contributed by atoms with Crippen LogP contribution in [0.15, 0.2) is 54.6 Å². The van der Waals surface area contributed by atoms with Gasteiger partial charge in [0.05, 0.1) is 17.2 Å². The third kappa shape index (κ3) is 5.63. The molecule has 7 heteroatoms. The van der Waals surface area contributed by atoms with Gasteiger partial charge in [-0.15, -0.1) is 0 Å². The van der Waals surface area contributed by atoms with E-state index in [1.165, 1.54) is 12.1 Å². The number of carbonyl (C=O) groups is 1. The van der Waals surface area contributed by atoms with Crippen LogP contribution in [0.4, 0.5) is 11.4 Å². The maximum Gasteiger partial charge on any atom is 0.271 e. The highest BCUT2D eigenvalue weighted by molar-refractivity contribution is 6.05. The smallest absolute Gasteiger partial charge is 0.271 e. The zero-order valence-electron chi connectivity index (χ0n) is 18.6. The third-order valence-corrected chi connectivity index (χ3v) is 4.89. The van der Waals surface area contributed by atoms with E-state index in [0.717, 1.165) is 28.0 Å². The number of nitrogens with one attached hydrogen (secondary N) is 1. The summed E-state index contributed by atoms with van der Waals surface area (Å²) in [6.07, 6.45) is 0. The molecule has 3 rings (SSSR count). The number of amides is 1. The van der Waals surface area contributed by atoms with Gasteiger partial charge in [-0.2, -0.15) is 0 Å². The minimum Gasteiger partial charge on any atom is -0.493 e. The highest BCUT2D eigenvalue weighted by atomic mass is 16.6. The van der Waals surface area contributed by atoms with Crippen LogP contribution in [0, 0.1) is 30.9 Å². The Bertz CT molecular complexity index is 1140. The standard InChI is InChI=1S/C25H26N2O5/c1-5-31-24-9-7-19(13-20(24)15-32-22-11-16(2)10-17(3)12-22)25(28)26-23-14-21(27(29)30)8-6-18(23)4/h6-14H,5,15H2,1-4H3,(H,26,28). The number of benzene rings is 3. The number of nitrogens with zero attached hydrogens (tertiary/aromatic N) is 1. The van der Waals surface area contributed by atoms with Gasteiger partial charge >= 0.3 is 0 Å². The van der Waals surface area contributed by atoms with E-state index in [-0.39, 0.29) is 18.2 Å². The number of nitro groups is 1. The summed E-state index contributed by atoms with van der Waals surface area (Å²) in [5.74, 6) is 1.01. The van der Waals surface area contributed by atoms with Gasteiger partial charge in [0, 0.05) is 23.3 Å². The van der Waals surface area contributed by atoms with Crippen molar-refractivity contribution in [3.05, 3.63) is 92.5 Å². The number of anilines is 1. The molecule has 0 saturated carbocycles. The topological polar surface area (TPSA) is 90.7 Å². The SMILES string of the molecule is CCOc1ccc(C(=O)Nc2cc([N+](=O)[O-])ccc2C)cc1COc1cc(C)cc(C)c1. The molecule has 0 saturated heterocycles. The van der Waals surface area contributed by atoms with Crippen LogP contribution in [-0.2, 0) is 6.61 Å². The van der Waals surface area contributed by atoms with Crippen molar-refractivity contribution in [2.45, 2.75) is 34.3 Å². The zero-order chi connectivity index (χ0) is 23.3. The molecular weight excluding hydrogens is 408 g/mol. The van der Waals surface area contributed by atoms with E-state index in [2.05, 4.69) is 11.4 Å². The van der Waals surface area contributed by atoms with Crippen LogP contribution >= 0.6 is 0 Å². The monoisotopic (exact) mass is 434 g/mol. The number of carbonyl (C=O) groups excluding carboxylic acids is 1. The number of nitro benzene ring substituents is 1. The molecule has 0 aliphatic heterocycles. The van der Waals surface area contributed by atoms with Crippen molar-refractivity contribution in [3.63, 3.8) is 0 Å². The van der Waals surface area contributed by atoms with Gasteiger partial charge in [-0.3, -0.25) is 14.9 Å². The van der Waals surface area contributed by atoms with Crippen LogP contribution in [0.2, 0.25) is 0 Å². The lowest BCUT2D eigenvalue weighted by Crippen LogP contribution is -2.14. The summed E-state index contributed by atoms with van der Waals surface area (Å²) < 4.78 is 11.7. The van der Waals surface area contributed by atoms with Gasteiger partial charge in [0.15, 0.2) is 0 Å². The molecule has 0 radical (unpaired) electrons. The van der Waals surface area contributed by atoms with E-state index in [9.17, 15) is 14.9 Å². The molecule has 166 valence electrons. The molecule has 3 aromatic carbocycles. The van der Waals surface area contributed by atoms with Crippen LogP contribution in [0.1, 0.15) is 39.5 Å². The fraction of sp³-hybridized carbons (Fsp3) is 0.240. The minimum absolute atomic E-state index is 0.0832. The average molecular weight is 434 g/mol. The van der Waals surface area contributed by atoms with Crippen LogP contribution in [-0.4, -0.2) is 17.4 Å². The Morgan fingerprint density at radius 3 is 2.34 bits per heavy atom. The molecule has 0 aliphatic rings. The fourth-order valence-corrected chi connectivity index (χ4v) is 3.36. The van der Waals surface area contributed by atoms with E-state index in [1.54, 1.807) is 31.2 Å². The van der Waals surface area contributed by atoms with Gasteiger partial charge in [0.1, 0.15) is 18.1 Å². The Labute approximate surface area is 187 Å². The predicted molar refractivity (Wildman–Crippen MR) is 124 cm³/mol. The maximum atomic E-state index is 12.9. The van der Waals surface area contributed by atoms with Crippen molar-refractivity contribution in [2.24, 2.45) is 0 Å². The molecule has 1 N–H and O–H groups in total. The summed E-state index contributed by atoms with van der Waals surface area (Å²) in [4.78, 5) is 23.4. The van der Waals surface area contributed by atoms with Crippen molar-refractivity contribution in [3.8, 4) is 11.5 Å². The lowest BCUT2D eigenvalue weighted by molar-refractivity contribution is -0.384. The molecule has 0 bridgehead atoms. The lowest BCUT2D eigenvalue weighted by Gasteiger charge is -2.14. The first-order chi connectivity index (χ1) is 15.3. The first kappa shape index (κ1) is 22.8. The van der Waals surface area contributed by atoms with Crippen molar-refractivity contribution in [1.82, 2.24) is 0 Å². The van der Waals surface area contributed by atoms with Crippen LogP contribution < -0.4 is 14.8 Å². The Kier molecular flexibility index (Phi) is 7.10. The van der Waals surface area contributed by atoms with E-state index in [4.69, 9.17) is 9.47 Å². The second kappa shape index (κ2) is 9.96. The summed E-state index contributed by atoms with van der Waals surface area (Å²) >= 11 is 0. The fourth-order valence-electron chi connectivity index (χ4n) is 3.36. The Morgan fingerprint density at radius 2 is 1.69 bits per heavy atom. The highest BCUT2D eigenvalue weighted by Gasteiger charge is 2.15.